The minimum atomic E-state index is -3.88. The van der Waals surface area contributed by atoms with E-state index in [0.717, 1.165) is 6.08 Å². The average Bonchev–Trinajstić information content (AvgIpc) is 2.85. The van der Waals surface area contributed by atoms with Crippen molar-refractivity contribution in [3.05, 3.63) is 47.7 Å². The Labute approximate surface area is 143 Å². The largest absolute Gasteiger partial charge is 0.478 e. The minimum absolute atomic E-state index is 0.0358. The first-order valence-electron chi connectivity index (χ1n) is 6.97. The first-order valence-corrected chi connectivity index (χ1v) is 8.45. The normalized spacial score (nSPS) is 11.4. The molecule has 1 heterocycles. The van der Waals surface area contributed by atoms with Crippen LogP contribution in [0.15, 0.2) is 45.8 Å². The lowest BCUT2D eigenvalue weighted by molar-refractivity contribution is -0.131. The number of carboxylic acid groups (broad SMARTS) is 1. The lowest BCUT2D eigenvalue weighted by atomic mass is 10.3. The molecule has 0 atom stereocenters. The zero-order valence-electron chi connectivity index (χ0n) is 13.3. The first-order chi connectivity index (χ1) is 11.7. The van der Waals surface area contributed by atoms with Crippen molar-refractivity contribution in [2.24, 2.45) is 0 Å². The van der Waals surface area contributed by atoms with E-state index in [9.17, 15) is 18.0 Å². The van der Waals surface area contributed by atoms with Crippen LogP contribution in [-0.2, 0) is 19.6 Å². The summed E-state index contributed by atoms with van der Waals surface area (Å²) in [5.74, 6) is -1.86. The van der Waals surface area contributed by atoms with Crippen molar-refractivity contribution >= 4 is 33.5 Å². The van der Waals surface area contributed by atoms with Gasteiger partial charge in [-0.15, -0.1) is 0 Å². The van der Waals surface area contributed by atoms with Gasteiger partial charge in [-0.25, -0.2) is 17.9 Å². The van der Waals surface area contributed by atoms with E-state index >= 15 is 0 Å². The molecule has 1 aromatic heterocycles. The topological polar surface area (TPSA) is 139 Å². The van der Waals surface area contributed by atoms with Crippen LogP contribution >= 0.6 is 0 Å². The number of nitrogens with one attached hydrogen (secondary N) is 2. The molecular formula is C15H15N3O6S. The van der Waals surface area contributed by atoms with Crippen molar-refractivity contribution in [3.8, 4) is 0 Å². The van der Waals surface area contributed by atoms with Gasteiger partial charge in [0.1, 0.15) is 0 Å². The number of hydrogen-bond donors (Lipinski definition) is 3. The van der Waals surface area contributed by atoms with Gasteiger partial charge in [0.05, 0.1) is 10.6 Å². The molecule has 0 aliphatic carbocycles. The summed E-state index contributed by atoms with van der Waals surface area (Å²) in [6.07, 6.45) is 1.54. The second kappa shape index (κ2) is 7.18. The van der Waals surface area contributed by atoms with E-state index in [-0.39, 0.29) is 10.8 Å². The number of nitrogens with zero attached hydrogens (tertiary/aromatic N) is 1. The van der Waals surface area contributed by atoms with Gasteiger partial charge < -0.3 is 14.9 Å². The lowest BCUT2D eigenvalue weighted by Gasteiger charge is -2.07. The fraction of sp³-hybridized carbons (Fsp3) is 0.133. The Morgan fingerprint density at radius 2 is 1.80 bits per heavy atom. The molecule has 0 saturated heterocycles. The van der Waals surface area contributed by atoms with E-state index in [4.69, 9.17) is 9.63 Å². The Kier molecular flexibility index (Phi) is 5.22. The standard InChI is InChI=1S/C15H15N3O6S/c1-9-10(2)17-24-15(9)18-25(22,23)12-5-3-11(4-6-12)16-13(19)7-8-14(20)21/h3-8,18H,1-2H3,(H,16,19)(H,20,21)/b8-7-. The molecule has 9 nitrogen and oxygen atoms in total. The van der Waals surface area contributed by atoms with Gasteiger partial charge in [0.2, 0.25) is 11.8 Å². The summed E-state index contributed by atoms with van der Waals surface area (Å²) < 4.78 is 31.8. The summed E-state index contributed by atoms with van der Waals surface area (Å²) in [7, 11) is -3.88. The number of hydrogen-bond acceptors (Lipinski definition) is 6. The molecule has 2 rings (SSSR count). The molecule has 0 aliphatic rings. The quantitative estimate of drug-likeness (QED) is 0.662. The highest BCUT2D eigenvalue weighted by atomic mass is 32.2. The Morgan fingerprint density at radius 1 is 1.16 bits per heavy atom. The van der Waals surface area contributed by atoms with Crippen LogP contribution in [-0.4, -0.2) is 30.6 Å². The summed E-state index contributed by atoms with van der Waals surface area (Å²) in [6.45, 7) is 3.36. The van der Waals surface area contributed by atoms with Gasteiger partial charge in [-0.2, -0.15) is 0 Å². The van der Waals surface area contributed by atoms with Crippen molar-refractivity contribution in [2.75, 3.05) is 10.0 Å². The molecule has 0 radical (unpaired) electrons. The average molecular weight is 365 g/mol. The maximum atomic E-state index is 12.3. The zero-order chi connectivity index (χ0) is 18.6. The number of amides is 1. The molecular weight excluding hydrogens is 350 g/mol. The molecule has 0 spiro atoms. The van der Waals surface area contributed by atoms with Crippen LogP contribution in [0.2, 0.25) is 0 Å². The predicted molar refractivity (Wildman–Crippen MR) is 88.6 cm³/mol. The van der Waals surface area contributed by atoms with Gasteiger partial charge in [0.15, 0.2) is 0 Å². The van der Waals surface area contributed by atoms with Gasteiger partial charge in [-0.05, 0) is 38.1 Å². The van der Waals surface area contributed by atoms with Crippen LogP contribution in [0.4, 0.5) is 11.6 Å². The second-order valence-electron chi connectivity index (χ2n) is 5.01. The number of rotatable bonds is 6. The third-order valence-electron chi connectivity index (χ3n) is 3.19. The number of carbonyl (C=O) groups is 2. The van der Waals surface area contributed by atoms with E-state index in [1.807, 2.05) is 0 Å². The number of aryl methyl sites for hydroxylation is 1. The highest BCUT2D eigenvalue weighted by Gasteiger charge is 2.19. The fourth-order valence-corrected chi connectivity index (χ4v) is 2.79. The summed E-state index contributed by atoms with van der Waals surface area (Å²) in [4.78, 5) is 21.8. The monoisotopic (exact) mass is 365 g/mol. The minimum Gasteiger partial charge on any atom is -0.478 e. The molecule has 25 heavy (non-hydrogen) atoms. The van der Waals surface area contributed by atoms with Gasteiger partial charge in [0, 0.05) is 23.4 Å². The smallest absolute Gasteiger partial charge is 0.328 e. The van der Waals surface area contributed by atoms with Crippen molar-refractivity contribution in [3.63, 3.8) is 0 Å². The number of carbonyl (C=O) groups excluding carboxylic acids is 1. The number of carboxylic acids is 1. The molecule has 0 bridgehead atoms. The van der Waals surface area contributed by atoms with Gasteiger partial charge in [-0.1, -0.05) is 5.16 Å². The van der Waals surface area contributed by atoms with Crippen molar-refractivity contribution < 1.29 is 27.6 Å². The van der Waals surface area contributed by atoms with E-state index in [2.05, 4.69) is 15.2 Å². The Morgan fingerprint density at radius 3 is 2.32 bits per heavy atom. The zero-order valence-corrected chi connectivity index (χ0v) is 14.1. The van der Waals surface area contributed by atoms with E-state index in [0.29, 0.717) is 23.0 Å². The lowest BCUT2D eigenvalue weighted by Crippen LogP contribution is -2.13. The fourth-order valence-electron chi connectivity index (χ4n) is 1.74. The van der Waals surface area contributed by atoms with Crippen LogP contribution in [0.5, 0.6) is 0 Å². The highest BCUT2D eigenvalue weighted by molar-refractivity contribution is 7.92. The molecule has 0 fully saturated rings. The molecule has 0 unspecified atom stereocenters. The molecule has 3 N–H and O–H groups in total. The highest BCUT2D eigenvalue weighted by Crippen LogP contribution is 2.22. The first kappa shape index (κ1) is 18.2. The second-order valence-corrected chi connectivity index (χ2v) is 6.70. The number of sulfonamides is 1. The predicted octanol–water partition coefficient (Wildman–Crippen LogP) is 1.67. The molecule has 2 aromatic rings. The Hall–Kier alpha value is -3.14. The molecule has 0 saturated carbocycles. The Bertz CT molecular complexity index is 929. The van der Waals surface area contributed by atoms with E-state index < -0.39 is 21.9 Å². The number of aliphatic carboxylic acids is 1. The van der Waals surface area contributed by atoms with Crippen LogP contribution < -0.4 is 10.0 Å². The van der Waals surface area contributed by atoms with Crippen LogP contribution in [0.1, 0.15) is 11.3 Å². The van der Waals surface area contributed by atoms with E-state index in [1.54, 1.807) is 13.8 Å². The van der Waals surface area contributed by atoms with Crippen molar-refractivity contribution in [1.82, 2.24) is 5.16 Å². The van der Waals surface area contributed by atoms with Crippen molar-refractivity contribution in [1.29, 1.82) is 0 Å². The van der Waals surface area contributed by atoms with Gasteiger partial charge in [-0.3, -0.25) is 4.79 Å². The molecule has 132 valence electrons. The summed E-state index contributed by atoms with van der Waals surface area (Å²) >= 11 is 0. The summed E-state index contributed by atoms with van der Waals surface area (Å²) in [5.41, 5.74) is 1.47. The molecule has 1 amide bonds. The number of benzene rings is 1. The molecule has 10 heteroatoms. The maximum Gasteiger partial charge on any atom is 0.328 e. The van der Waals surface area contributed by atoms with Crippen LogP contribution in [0.25, 0.3) is 0 Å². The van der Waals surface area contributed by atoms with Gasteiger partial charge >= 0.3 is 5.97 Å². The van der Waals surface area contributed by atoms with E-state index in [1.165, 1.54) is 24.3 Å². The third kappa shape index (κ3) is 4.67. The Balaban J connectivity index is 2.11. The SMILES string of the molecule is Cc1noc(NS(=O)(=O)c2ccc(NC(=O)/C=C\C(=O)O)cc2)c1C. The third-order valence-corrected chi connectivity index (χ3v) is 4.54. The van der Waals surface area contributed by atoms with Crippen molar-refractivity contribution in [2.45, 2.75) is 18.7 Å². The van der Waals surface area contributed by atoms with Gasteiger partial charge in [0.25, 0.3) is 10.0 Å². The number of aromatic nitrogens is 1. The summed E-state index contributed by atoms with van der Waals surface area (Å²) in [5, 5.41) is 14.5. The molecule has 1 aromatic carbocycles. The maximum absolute atomic E-state index is 12.3. The number of anilines is 2. The van der Waals surface area contributed by atoms with Crippen LogP contribution in [0.3, 0.4) is 0 Å². The van der Waals surface area contributed by atoms with Crippen LogP contribution in [0, 0.1) is 13.8 Å². The molecule has 0 aliphatic heterocycles. The summed E-state index contributed by atoms with van der Waals surface area (Å²) in [6, 6.07) is 5.33.